The summed E-state index contributed by atoms with van der Waals surface area (Å²) in [6, 6.07) is 4.75. The number of halogens is 1. The van der Waals surface area contributed by atoms with Gasteiger partial charge in [-0.25, -0.2) is 4.98 Å². The summed E-state index contributed by atoms with van der Waals surface area (Å²) in [5.41, 5.74) is 0.427. The fourth-order valence-electron chi connectivity index (χ4n) is 0.750. The molecule has 0 saturated carbocycles. The van der Waals surface area contributed by atoms with Crippen LogP contribution in [0.5, 0.6) is 0 Å². The van der Waals surface area contributed by atoms with Crippen molar-refractivity contribution in [2.45, 2.75) is 6.42 Å². The van der Waals surface area contributed by atoms with Crippen LogP contribution in [0, 0.1) is 11.3 Å². The normalized spacial score (nSPS) is 9.00. The molecule has 12 heavy (non-hydrogen) atoms. The zero-order valence-corrected chi connectivity index (χ0v) is 6.88. The van der Waals surface area contributed by atoms with Crippen molar-refractivity contribution < 1.29 is 4.79 Å². The Morgan fingerprint density at radius 2 is 2.50 bits per heavy atom. The number of ketones is 1. The molecule has 0 aromatic carbocycles. The van der Waals surface area contributed by atoms with Crippen LogP contribution < -0.4 is 0 Å². The maximum absolute atomic E-state index is 11.1. The Bertz CT molecular complexity index is 343. The average molecular weight is 181 g/mol. The van der Waals surface area contributed by atoms with E-state index in [-0.39, 0.29) is 17.4 Å². The van der Waals surface area contributed by atoms with Gasteiger partial charge in [-0.15, -0.1) is 0 Å². The van der Waals surface area contributed by atoms with E-state index >= 15 is 0 Å². The van der Waals surface area contributed by atoms with Gasteiger partial charge in [0.1, 0.15) is 5.15 Å². The average Bonchev–Trinajstić information content (AvgIpc) is 2.05. The van der Waals surface area contributed by atoms with Crippen molar-refractivity contribution in [2.75, 3.05) is 0 Å². The van der Waals surface area contributed by atoms with E-state index in [9.17, 15) is 4.79 Å². The summed E-state index contributed by atoms with van der Waals surface area (Å²) in [5, 5.41) is 8.51. The molecule has 1 heterocycles. The first-order chi connectivity index (χ1) is 5.74. The highest BCUT2D eigenvalue weighted by molar-refractivity contribution is 6.29. The van der Waals surface area contributed by atoms with Crippen molar-refractivity contribution in [3.63, 3.8) is 0 Å². The van der Waals surface area contributed by atoms with Gasteiger partial charge in [0.15, 0.2) is 5.78 Å². The third-order valence-electron chi connectivity index (χ3n) is 1.29. The van der Waals surface area contributed by atoms with E-state index in [1.807, 2.05) is 0 Å². The van der Waals surface area contributed by atoms with E-state index in [1.165, 1.54) is 18.3 Å². The Morgan fingerprint density at radius 3 is 3.08 bits per heavy atom. The number of hydrogen-bond acceptors (Lipinski definition) is 3. The number of carbonyl (C=O) groups excluding carboxylic acids is 1. The van der Waals surface area contributed by atoms with Crippen molar-refractivity contribution in [3.05, 3.63) is 29.0 Å². The second-order valence-electron chi connectivity index (χ2n) is 2.13. The summed E-state index contributed by atoms with van der Waals surface area (Å²) < 4.78 is 0. The second-order valence-corrected chi connectivity index (χ2v) is 2.51. The number of pyridine rings is 1. The number of nitrogens with zero attached hydrogens (tertiary/aromatic N) is 2. The number of aromatic nitrogens is 1. The lowest BCUT2D eigenvalue weighted by Crippen LogP contribution is -1.97. The number of nitriles is 1. The molecule has 0 aliphatic heterocycles. The lowest BCUT2D eigenvalue weighted by Gasteiger charge is -1.94. The lowest BCUT2D eigenvalue weighted by atomic mass is 10.1. The van der Waals surface area contributed by atoms with Gasteiger partial charge in [-0.3, -0.25) is 4.79 Å². The Kier molecular flexibility index (Phi) is 2.78. The summed E-state index contributed by atoms with van der Waals surface area (Å²) >= 11 is 5.54. The highest BCUT2D eigenvalue weighted by Gasteiger charge is 2.04. The summed E-state index contributed by atoms with van der Waals surface area (Å²) in [6.07, 6.45) is 1.31. The van der Waals surface area contributed by atoms with Crippen LogP contribution in [0.1, 0.15) is 16.8 Å². The van der Waals surface area contributed by atoms with Crippen LogP contribution in [0.25, 0.3) is 0 Å². The van der Waals surface area contributed by atoms with E-state index in [1.54, 1.807) is 6.07 Å². The van der Waals surface area contributed by atoms with Gasteiger partial charge in [0.05, 0.1) is 12.5 Å². The van der Waals surface area contributed by atoms with E-state index in [4.69, 9.17) is 16.9 Å². The van der Waals surface area contributed by atoms with Crippen LogP contribution in [0.15, 0.2) is 18.3 Å². The molecule has 0 N–H and O–H groups in total. The first-order valence-electron chi connectivity index (χ1n) is 3.25. The summed E-state index contributed by atoms with van der Waals surface area (Å²) in [7, 11) is 0. The summed E-state index contributed by atoms with van der Waals surface area (Å²) in [4.78, 5) is 14.8. The summed E-state index contributed by atoms with van der Waals surface area (Å²) in [5.74, 6) is -0.234. The number of Topliss-reactive ketones (excluding diaryl/α,β-unsaturated/α-hetero) is 1. The van der Waals surface area contributed by atoms with Gasteiger partial charge in [-0.2, -0.15) is 5.26 Å². The third-order valence-corrected chi connectivity index (χ3v) is 1.49. The highest BCUT2D eigenvalue weighted by atomic mass is 35.5. The molecule has 1 aromatic heterocycles. The van der Waals surface area contributed by atoms with Gasteiger partial charge in [0.25, 0.3) is 0 Å². The van der Waals surface area contributed by atoms with Crippen molar-refractivity contribution in [2.24, 2.45) is 0 Å². The number of rotatable bonds is 2. The smallest absolute Gasteiger partial charge is 0.177 e. The number of carbonyl (C=O) groups is 1. The van der Waals surface area contributed by atoms with Crippen LogP contribution >= 0.6 is 11.6 Å². The van der Waals surface area contributed by atoms with Gasteiger partial charge in [0, 0.05) is 11.8 Å². The second kappa shape index (κ2) is 3.84. The molecular formula is C8H5ClN2O. The molecule has 0 unspecified atom stereocenters. The SMILES string of the molecule is N#CCC(=O)c1ccnc(Cl)c1. The van der Waals surface area contributed by atoms with Crippen LogP contribution in [0.3, 0.4) is 0 Å². The van der Waals surface area contributed by atoms with Gasteiger partial charge in [-0.1, -0.05) is 11.6 Å². The fourth-order valence-corrected chi connectivity index (χ4v) is 0.924. The minimum Gasteiger partial charge on any atom is -0.293 e. The fraction of sp³-hybridized carbons (Fsp3) is 0.125. The zero-order chi connectivity index (χ0) is 8.97. The lowest BCUT2D eigenvalue weighted by molar-refractivity contribution is 0.0997. The maximum Gasteiger partial charge on any atom is 0.177 e. The van der Waals surface area contributed by atoms with E-state index < -0.39 is 0 Å². The van der Waals surface area contributed by atoms with Gasteiger partial charge in [0.2, 0.25) is 0 Å². The Morgan fingerprint density at radius 1 is 1.75 bits per heavy atom. The maximum atomic E-state index is 11.1. The predicted molar refractivity (Wildman–Crippen MR) is 43.8 cm³/mol. The van der Waals surface area contributed by atoms with Crippen molar-refractivity contribution >= 4 is 17.4 Å². The first kappa shape index (κ1) is 8.69. The van der Waals surface area contributed by atoms with Crippen molar-refractivity contribution in [1.82, 2.24) is 4.98 Å². The molecule has 0 fully saturated rings. The molecule has 4 heteroatoms. The summed E-state index contributed by atoms with van der Waals surface area (Å²) in [6.45, 7) is 0. The van der Waals surface area contributed by atoms with Crippen molar-refractivity contribution in [3.8, 4) is 6.07 Å². The molecule has 3 nitrogen and oxygen atoms in total. The predicted octanol–water partition coefficient (Wildman–Crippen LogP) is 1.83. The molecule has 0 amide bonds. The molecule has 60 valence electrons. The Balaban J connectivity index is 2.90. The Hall–Kier alpha value is -1.40. The van der Waals surface area contributed by atoms with Gasteiger partial charge in [-0.05, 0) is 12.1 Å². The van der Waals surface area contributed by atoms with E-state index in [2.05, 4.69) is 4.98 Å². The molecule has 0 radical (unpaired) electrons. The monoisotopic (exact) mass is 180 g/mol. The molecule has 0 spiro atoms. The topological polar surface area (TPSA) is 53.8 Å². The minimum absolute atomic E-state index is 0.125. The molecular weight excluding hydrogens is 176 g/mol. The molecule has 0 aliphatic carbocycles. The van der Waals surface area contributed by atoms with E-state index in [0.29, 0.717) is 5.56 Å². The highest BCUT2D eigenvalue weighted by Crippen LogP contribution is 2.08. The van der Waals surface area contributed by atoms with Crippen LogP contribution in [-0.2, 0) is 0 Å². The Labute approximate surface area is 74.6 Å². The van der Waals surface area contributed by atoms with Crippen LogP contribution in [-0.4, -0.2) is 10.8 Å². The molecule has 0 bridgehead atoms. The third kappa shape index (κ3) is 2.04. The minimum atomic E-state index is -0.234. The largest absolute Gasteiger partial charge is 0.293 e. The molecule has 0 aliphatic rings. The quantitative estimate of drug-likeness (QED) is 0.516. The molecule has 1 aromatic rings. The van der Waals surface area contributed by atoms with Crippen LogP contribution in [0.4, 0.5) is 0 Å². The molecule has 0 saturated heterocycles. The standard InChI is InChI=1S/C8H5ClN2O/c9-8-5-6(2-4-11-8)7(12)1-3-10/h2,4-5H,1H2. The van der Waals surface area contributed by atoms with Gasteiger partial charge >= 0.3 is 0 Å². The van der Waals surface area contributed by atoms with Crippen LogP contribution in [0.2, 0.25) is 5.15 Å². The number of hydrogen-bond donors (Lipinski definition) is 0. The van der Waals surface area contributed by atoms with Gasteiger partial charge < -0.3 is 0 Å². The van der Waals surface area contributed by atoms with Crippen molar-refractivity contribution in [1.29, 1.82) is 5.26 Å². The van der Waals surface area contributed by atoms with E-state index in [0.717, 1.165) is 0 Å². The first-order valence-corrected chi connectivity index (χ1v) is 3.63. The molecule has 1 rings (SSSR count). The zero-order valence-electron chi connectivity index (χ0n) is 6.12. The molecule has 0 atom stereocenters.